The number of nitrogens with zero attached hydrogens (tertiary/aromatic N) is 1. The van der Waals surface area contributed by atoms with Crippen LogP contribution in [0.25, 0.3) is 0 Å². The highest BCUT2D eigenvalue weighted by molar-refractivity contribution is 5.85. The van der Waals surface area contributed by atoms with Gasteiger partial charge in [0.05, 0.1) is 5.60 Å². The fourth-order valence-electron chi connectivity index (χ4n) is 1.68. The minimum atomic E-state index is -0.484. The van der Waals surface area contributed by atoms with Crippen LogP contribution in [0.3, 0.4) is 0 Å². The van der Waals surface area contributed by atoms with E-state index in [-0.39, 0.29) is 24.8 Å². The maximum atomic E-state index is 9.94. The molecule has 0 saturated carbocycles. The molecule has 0 radical (unpaired) electrons. The summed E-state index contributed by atoms with van der Waals surface area (Å²) in [5, 5.41) is 13.1. The van der Waals surface area contributed by atoms with Gasteiger partial charge < -0.3 is 15.3 Å². The summed E-state index contributed by atoms with van der Waals surface area (Å²) in [4.78, 5) is 2.03. The fourth-order valence-corrected chi connectivity index (χ4v) is 1.68. The molecule has 1 heterocycles. The second kappa shape index (κ2) is 6.85. The molecule has 0 aromatic heterocycles. The number of nitrogens with one attached hydrogen (secondary N) is 1. The summed E-state index contributed by atoms with van der Waals surface area (Å²) in [6.07, 6.45) is 2.02. The zero-order chi connectivity index (χ0) is 8.32. The normalized spacial score (nSPS) is 27.7. The number of likely N-dealkylation sites (N-methyl/N-ethyl adjacent to an activating group) is 1. The van der Waals surface area contributed by atoms with Gasteiger partial charge in [-0.25, -0.2) is 0 Å². The van der Waals surface area contributed by atoms with Crippen molar-refractivity contribution in [2.45, 2.75) is 18.4 Å². The van der Waals surface area contributed by atoms with Crippen molar-refractivity contribution in [3.8, 4) is 0 Å². The van der Waals surface area contributed by atoms with Crippen molar-refractivity contribution in [1.29, 1.82) is 0 Å². The second-order valence-corrected chi connectivity index (χ2v) is 3.74. The van der Waals surface area contributed by atoms with Crippen molar-refractivity contribution >= 4 is 24.8 Å². The van der Waals surface area contributed by atoms with E-state index in [1.54, 1.807) is 0 Å². The highest BCUT2D eigenvalue weighted by Gasteiger charge is 2.29. The number of aliphatic hydroxyl groups is 1. The Bertz CT molecular complexity index is 127. The summed E-state index contributed by atoms with van der Waals surface area (Å²) >= 11 is 0. The third-order valence-electron chi connectivity index (χ3n) is 2.06. The molecule has 1 fully saturated rings. The summed E-state index contributed by atoms with van der Waals surface area (Å²) in [7, 11) is 3.99. The van der Waals surface area contributed by atoms with E-state index in [9.17, 15) is 5.11 Å². The molecule has 2 N–H and O–H groups in total. The lowest BCUT2D eigenvalue weighted by Crippen LogP contribution is -2.51. The average molecular weight is 231 g/mol. The molecular weight excluding hydrogens is 211 g/mol. The number of halogens is 2. The smallest absolute Gasteiger partial charge is 0.0897 e. The van der Waals surface area contributed by atoms with Gasteiger partial charge in [-0.1, -0.05) is 0 Å². The lowest BCUT2D eigenvalue weighted by Gasteiger charge is -2.34. The second-order valence-electron chi connectivity index (χ2n) is 3.74. The molecule has 82 valence electrons. The largest absolute Gasteiger partial charge is 0.387 e. The Kier molecular flexibility index (Phi) is 8.38. The van der Waals surface area contributed by atoms with E-state index in [0.29, 0.717) is 0 Å². The highest BCUT2D eigenvalue weighted by atomic mass is 35.5. The van der Waals surface area contributed by atoms with Gasteiger partial charge in [0.25, 0.3) is 0 Å². The first kappa shape index (κ1) is 15.9. The molecule has 1 atom stereocenters. The Hall–Kier alpha value is 0.460. The van der Waals surface area contributed by atoms with Gasteiger partial charge in [0.2, 0.25) is 0 Å². The topological polar surface area (TPSA) is 35.5 Å². The number of hydrogen-bond acceptors (Lipinski definition) is 3. The van der Waals surface area contributed by atoms with Crippen LogP contribution in [0.5, 0.6) is 0 Å². The first-order valence-electron chi connectivity index (χ1n) is 4.20. The summed E-state index contributed by atoms with van der Waals surface area (Å²) in [6, 6.07) is 0. The molecule has 0 bridgehead atoms. The average Bonchev–Trinajstić information content (AvgIpc) is 1.85. The molecule has 1 aliphatic rings. The van der Waals surface area contributed by atoms with Gasteiger partial charge in [0, 0.05) is 13.1 Å². The number of β-amino-alcohol motifs (C(OH)–C–C–N with tert-alkyl or cyclic N) is 1. The number of piperidine rings is 1. The molecular formula is C8H20Cl2N2O. The molecule has 0 aromatic carbocycles. The molecule has 0 spiro atoms. The molecule has 1 aliphatic heterocycles. The Balaban J connectivity index is 0. The fraction of sp³-hybridized carbons (Fsp3) is 1.00. The van der Waals surface area contributed by atoms with E-state index < -0.39 is 5.60 Å². The SMILES string of the molecule is CN(C)CC1(O)CCCNC1.Cl.Cl. The van der Waals surface area contributed by atoms with Gasteiger partial charge in [-0.15, -0.1) is 24.8 Å². The summed E-state index contributed by atoms with van der Waals surface area (Å²) in [6.45, 7) is 2.56. The predicted octanol–water partition coefficient (Wildman–Crippen LogP) is 0.506. The standard InChI is InChI=1S/C8H18N2O.2ClH/c1-10(2)7-8(11)4-3-5-9-6-8;;/h9,11H,3-7H2,1-2H3;2*1H. The van der Waals surface area contributed by atoms with Crippen LogP contribution in [0.4, 0.5) is 0 Å². The Labute approximate surface area is 92.7 Å². The zero-order valence-electron chi connectivity index (χ0n) is 8.25. The van der Waals surface area contributed by atoms with Crippen molar-refractivity contribution in [1.82, 2.24) is 10.2 Å². The Morgan fingerprint density at radius 3 is 2.38 bits per heavy atom. The third-order valence-corrected chi connectivity index (χ3v) is 2.06. The van der Waals surface area contributed by atoms with E-state index >= 15 is 0 Å². The van der Waals surface area contributed by atoms with Crippen LogP contribution in [0, 0.1) is 0 Å². The molecule has 1 saturated heterocycles. The van der Waals surface area contributed by atoms with Crippen LogP contribution >= 0.6 is 24.8 Å². The monoisotopic (exact) mass is 230 g/mol. The number of hydrogen-bond donors (Lipinski definition) is 2. The van der Waals surface area contributed by atoms with Gasteiger partial charge >= 0.3 is 0 Å². The molecule has 1 unspecified atom stereocenters. The Morgan fingerprint density at radius 1 is 1.38 bits per heavy atom. The lowest BCUT2D eigenvalue weighted by molar-refractivity contribution is -0.00457. The molecule has 0 amide bonds. The van der Waals surface area contributed by atoms with E-state index in [4.69, 9.17) is 0 Å². The van der Waals surface area contributed by atoms with Crippen LogP contribution in [-0.2, 0) is 0 Å². The van der Waals surface area contributed by atoms with Gasteiger partial charge in [-0.3, -0.25) is 0 Å². The van der Waals surface area contributed by atoms with Crippen LogP contribution in [0.2, 0.25) is 0 Å². The zero-order valence-corrected chi connectivity index (χ0v) is 9.88. The lowest BCUT2D eigenvalue weighted by atomic mass is 9.94. The summed E-state index contributed by atoms with van der Waals surface area (Å²) in [5.74, 6) is 0. The van der Waals surface area contributed by atoms with E-state index in [1.807, 2.05) is 19.0 Å². The van der Waals surface area contributed by atoms with Crippen molar-refractivity contribution in [3.05, 3.63) is 0 Å². The summed E-state index contributed by atoms with van der Waals surface area (Å²) < 4.78 is 0. The predicted molar refractivity (Wildman–Crippen MR) is 60.1 cm³/mol. The van der Waals surface area contributed by atoms with Crippen LogP contribution in [0.15, 0.2) is 0 Å². The van der Waals surface area contributed by atoms with Gasteiger partial charge in [0.15, 0.2) is 0 Å². The molecule has 3 nitrogen and oxygen atoms in total. The molecule has 0 aromatic rings. The molecule has 1 rings (SSSR count). The molecule has 5 heteroatoms. The van der Waals surface area contributed by atoms with Crippen molar-refractivity contribution in [2.24, 2.45) is 0 Å². The molecule has 0 aliphatic carbocycles. The molecule has 13 heavy (non-hydrogen) atoms. The maximum Gasteiger partial charge on any atom is 0.0897 e. The minimum Gasteiger partial charge on any atom is -0.387 e. The van der Waals surface area contributed by atoms with E-state index in [1.165, 1.54) is 0 Å². The van der Waals surface area contributed by atoms with E-state index in [2.05, 4.69) is 5.32 Å². The van der Waals surface area contributed by atoms with Crippen LogP contribution in [0.1, 0.15) is 12.8 Å². The van der Waals surface area contributed by atoms with Gasteiger partial charge in [0.1, 0.15) is 0 Å². The van der Waals surface area contributed by atoms with E-state index in [0.717, 1.165) is 32.5 Å². The summed E-state index contributed by atoms with van der Waals surface area (Å²) in [5.41, 5.74) is -0.484. The highest BCUT2D eigenvalue weighted by Crippen LogP contribution is 2.15. The van der Waals surface area contributed by atoms with Crippen molar-refractivity contribution in [3.63, 3.8) is 0 Å². The number of rotatable bonds is 2. The van der Waals surface area contributed by atoms with Gasteiger partial charge in [-0.2, -0.15) is 0 Å². The van der Waals surface area contributed by atoms with Gasteiger partial charge in [-0.05, 0) is 33.5 Å². The maximum absolute atomic E-state index is 9.94. The van der Waals surface area contributed by atoms with Crippen LogP contribution in [-0.4, -0.2) is 49.3 Å². The minimum absolute atomic E-state index is 0. The third kappa shape index (κ3) is 5.70. The van der Waals surface area contributed by atoms with Crippen molar-refractivity contribution < 1.29 is 5.11 Å². The quantitative estimate of drug-likeness (QED) is 0.726. The van der Waals surface area contributed by atoms with Crippen molar-refractivity contribution in [2.75, 3.05) is 33.7 Å². The first-order valence-corrected chi connectivity index (χ1v) is 4.20. The Morgan fingerprint density at radius 2 is 2.00 bits per heavy atom. The first-order chi connectivity index (χ1) is 5.12. The van der Waals surface area contributed by atoms with Crippen LogP contribution < -0.4 is 5.32 Å².